The number of carbonyl (C=O) groups is 2. The quantitative estimate of drug-likeness (QED) is 0.590. The van der Waals surface area contributed by atoms with Crippen LogP contribution in [0.1, 0.15) is 24.8 Å². The van der Waals surface area contributed by atoms with E-state index in [0.717, 1.165) is 9.14 Å². The molecule has 0 saturated carbocycles. The van der Waals surface area contributed by atoms with Gasteiger partial charge in [0.2, 0.25) is 0 Å². The normalized spacial score (nSPS) is 19.6. The number of amides is 1. The molecule has 1 aliphatic carbocycles. The first-order valence-electron chi connectivity index (χ1n) is 8.30. The van der Waals surface area contributed by atoms with E-state index in [1.807, 2.05) is 24.3 Å². The molecule has 1 aliphatic rings. The molecule has 1 amide bonds. The van der Waals surface area contributed by atoms with Crippen LogP contribution in [0.15, 0.2) is 27.9 Å². The number of methoxy groups -OCH3 is 3. The summed E-state index contributed by atoms with van der Waals surface area (Å²) in [5, 5.41) is 0. The molecule has 0 aliphatic heterocycles. The van der Waals surface area contributed by atoms with Crippen LogP contribution < -0.4 is 9.47 Å². The zero-order valence-corrected chi connectivity index (χ0v) is 17.7. The summed E-state index contributed by atoms with van der Waals surface area (Å²) in [5.41, 5.74) is 0.682. The Labute approximate surface area is 167 Å². The van der Waals surface area contributed by atoms with Gasteiger partial charge in [-0.25, -0.2) is 4.79 Å². The van der Waals surface area contributed by atoms with E-state index < -0.39 is 0 Å². The third-order valence-electron chi connectivity index (χ3n) is 4.81. The zero-order chi connectivity index (χ0) is 19.3. The van der Waals surface area contributed by atoms with Crippen LogP contribution >= 0.6 is 22.6 Å². The van der Waals surface area contributed by atoms with Crippen molar-refractivity contribution in [3.05, 3.63) is 33.4 Å². The van der Waals surface area contributed by atoms with Gasteiger partial charge in [-0.2, -0.15) is 0 Å². The summed E-state index contributed by atoms with van der Waals surface area (Å²) in [6.45, 7) is 0.510. The Morgan fingerprint density at radius 1 is 1.23 bits per heavy atom. The minimum absolute atomic E-state index is 0.156. The second kappa shape index (κ2) is 8.75. The Morgan fingerprint density at radius 3 is 2.50 bits per heavy atom. The summed E-state index contributed by atoms with van der Waals surface area (Å²) in [4.78, 5) is 25.3. The van der Waals surface area contributed by atoms with Crippen molar-refractivity contribution >= 4 is 34.5 Å². The van der Waals surface area contributed by atoms with Gasteiger partial charge in [0.15, 0.2) is 17.3 Å². The molecule has 6 nitrogen and oxygen atoms in total. The van der Waals surface area contributed by atoms with Gasteiger partial charge in [-0.3, -0.25) is 4.79 Å². The number of ketones is 1. The molecular weight excluding hydrogens is 449 g/mol. The summed E-state index contributed by atoms with van der Waals surface area (Å²) in [6, 6.07) is 5.82. The molecule has 0 radical (unpaired) electrons. The van der Waals surface area contributed by atoms with Gasteiger partial charge < -0.3 is 19.1 Å². The van der Waals surface area contributed by atoms with E-state index >= 15 is 0 Å². The van der Waals surface area contributed by atoms with Crippen LogP contribution in [-0.2, 0) is 14.9 Å². The SMILES string of the molecule is COC(=O)N(C)CC[C@@]1(c2ccc(OC)c(OC)c2)C=C(I)C(=O)CC1. The number of Topliss-reactive ketones (excluding diaryl/α,β-unsaturated/α-hetero) is 1. The van der Waals surface area contributed by atoms with Crippen LogP contribution in [0.3, 0.4) is 0 Å². The molecule has 0 spiro atoms. The van der Waals surface area contributed by atoms with Crippen molar-refractivity contribution in [3.8, 4) is 11.5 Å². The first-order valence-corrected chi connectivity index (χ1v) is 9.38. The maximum atomic E-state index is 12.0. The molecule has 142 valence electrons. The maximum Gasteiger partial charge on any atom is 0.409 e. The summed E-state index contributed by atoms with van der Waals surface area (Å²) >= 11 is 2.09. The summed E-state index contributed by atoms with van der Waals surface area (Å²) < 4.78 is 16.3. The van der Waals surface area contributed by atoms with Crippen molar-refractivity contribution in [2.24, 2.45) is 0 Å². The van der Waals surface area contributed by atoms with Gasteiger partial charge in [0.05, 0.1) is 24.9 Å². The summed E-state index contributed by atoms with van der Waals surface area (Å²) in [5.74, 6) is 1.46. The number of hydrogen-bond acceptors (Lipinski definition) is 5. The lowest BCUT2D eigenvalue weighted by molar-refractivity contribution is -0.115. The van der Waals surface area contributed by atoms with Crippen molar-refractivity contribution in [1.29, 1.82) is 0 Å². The summed E-state index contributed by atoms with van der Waals surface area (Å²) in [6.07, 6.45) is 3.48. The smallest absolute Gasteiger partial charge is 0.409 e. The van der Waals surface area contributed by atoms with Crippen LogP contribution in [0.25, 0.3) is 0 Å². The van der Waals surface area contributed by atoms with Crippen molar-refractivity contribution in [2.45, 2.75) is 24.7 Å². The van der Waals surface area contributed by atoms with Crippen molar-refractivity contribution in [3.63, 3.8) is 0 Å². The van der Waals surface area contributed by atoms with Crippen LogP contribution in [0.2, 0.25) is 0 Å². The number of halogens is 1. The highest BCUT2D eigenvalue weighted by Gasteiger charge is 2.36. The third kappa shape index (κ3) is 4.31. The van der Waals surface area contributed by atoms with Crippen molar-refractivity contribution in [2.75, 3.05) is 34.9 Å². The summed E-state index contributed by atoms with van der Waals surface area (Å²) in [7, 11) is 6.27. The molecule has 26 heavy (non-hydrogen) atoms. The van der Waals surface area contributed by atoms with E-state index in [2.05, 4.69) is 22.6 Å². The molecule has 1 aromatic carbocycles. The fourth-order valence-electron chi connectivity index (χ4n) is 3.18. The average Bonchev–Trinajstić information content (AvgIpc) is 2.67. The molecule has 0 saturated heterocycles. The molecule has 0 aromatic heterocycles. The maximum absolute atomic E-state index is 12.0. The molecule has 0 bridgehead atoms. The lowest BCUT2D eigenvalue weighted by Crippen LogP contribution is -2.36. The van der Waals surface area contributed by atoms with Gasteiger partial charge in [-0.15, -0.1) is 0 Å². The molecule has 0 fully saturated rings. The van der Waals surface area contributed by atoms with E-state index in [1.54, 1.807) is 26.2 Å². The van der Waals surface area contributed by atoms with E-state index in [4.69, 9.17) is 14.2 Å². The molecule has 0 unspecified atom stereocenters. The fourth-order valence-corrected chi connectivity index (χ4v) is 4.05. The number of rotatable bonds is 6. The second-order valence-corrected chi connectivity index (χ2v) is 7.45. The standard InChI is InChI=1S/C19H24INO5/c1-21(18(23)26-4)10-9-19(8-7-15(22)14(20)12-19)13-5-6-16(24-2)17(11-13)25-3/h5-6,11-12H,7-10H2,1-4H3/t19-/m1/s1. The molecular formula is C19H24INO5. The van der Waals surface area contributed by atoms with E-state index in [0.29, 0.717) is 37.3 Å². The first kappa shape index (κ1) is 20.5. The van der Waals surface area contributed by atoms with E-state index in [-0.39, 0.29) is 17.3 Å². The first-order chi connectivity index (χ1) is 12.4. The second-order valence-electron chi connectivity index (χ2n) is 6.28. The van der Waals surface area contributed by atoms with Crippen molar-refractivity contribution < 1.29 is 23.8 Å². The number of hydrogen-bond donors (Lipinski definition) is 0. The lowest BCUT2D eigenvalue weighted by atomic mass is 9.71. The fraction of sp³-hybridized carbons (Fsp3) is 0.474. The number of allylic oxidation sites excluding steroid dienone is 2. The Kier molecular flexibility index (Phi) is 6.91. The van der Waals surface area contributed by atoms with Gasteiger partial charge >= 0.3 is 6.09 Å². The van der Waals surface area contributed by atoms with Gasteiger partial charge in [-0.1, -0.05) is 12.1 Å². The van der Waals surface area contributed by atoms with Crippen molar-refractivity contribution in [1.82, 2.24) is 4.90 Å². The van der Waals surface area contributed by atoms with Gasteiger partial charge in [-0.05, 0) is 53.1 Å². The third-order valence-corrected chi connectivity index (χ3v) is 5.72. The van der Waals surface area contributed by atoms with E-state index in [9.17, 15) is 9.59 Å². The monoisotopic (exact) mass is 473 g/mol. The highest BCUT2D eigenvalue weighted by atomic mass is 127. The Morgan fingerprint density at radius 2 is 1.92 bits per heavy atom. The predicted octanol–water partition coefficient (Wildman–Crippen LogP) is 3.71. The number of nitrogens with zero attached hydrogens (tertiary/aromatic N) is 1. The molecule has 1 atom stereocenters. The van der Waals surface area contributed by atoms with E-state index in [1.165, 1.54) is 7.11 Å². The highest BCUT2D eigenvalue weighted by molar-refractivity contribution is 14.1. The number of benzene rings is 1. The minimum Gasteiger partial charge on any atom is -0.493 e. The lowest BCUT2D eigenvalue weighted by Gasteiger charge is -2.36. The number of carbonyl (C=O) groups excluding carboxylic acids is 2. The van der Waals surface area contributed by atoms with Crippen LogP contribution in [-0.4, -0.2) is 51.7 Å². The average molecular weight is 473 g/mol. The Balaban J connectivity index is 2.42. The largest absolute Gasteiger partial charge is 0.493 e. The van der Waals surface area contributed by atoms with Gasteiger partial charge in [0.25, 0.3) is 0 Å². The molecule has 7 heteroatoms. The van der Waals surface area contributed by atoms with Crippen LogP contribution in [0.5, 0.6) is 11.5 Å². The molecule has 0 heterocycles. The molecule has 2 rings (SSSR count). The Hall–Kier alpha value is -1.77. The molecule has 1 aromatic rings. The topological polar surface area (TPSA) is 65.1 Å². The van der Waals surface area contributed by atoms with Crippen LogP contribution in [0.4, 0.5) is 4.79 Å². The number of ether oxygens (including phenoxy) is 3. The predicted molar refractivity (Wildman–Crippen MR) is 107 cm³/mol. The zero-order valence-electron chi connectivity index (χ0n) is 15.5. The van der Waals surface area contributed by atoms with Crippen LogP contribution in [0, 0.1) is 0 Å². The minimum atomic E-state index is -0.377. The molecule has 0 N–H and O–H groups in total. The highest BCUT2D eigenvalue weighted by Crippen LogP contribution is 2.43. The van der Waals surface area contributed by atoms with Gasteiger partial charge in [0, 0.05) is 25.4 Å². The van der Waals surface area contributed by atoms with Gasteiger partial charge in [0.1, 0.15) is 0 Å². The Bertz CT molecular complexity index is 718.